The number of halogens is 1. The van der Waals surface area contributed by atoms with Gasteiger partial charge in [-0.3, -0.25) is 0 Å². The third kappa shape index (κ3) is 2.66. The molecule has 1 aromatic heterocycles. The van der Waals surface area contributed by atoms with Crippen molar-refractivity contribution in [2.75, 3.05) is 11.9 Å². The highest BCUT2D eigenvalue weighted by Gasteiger charge is 2.04. The Hall–Kier alpha value is -1.93. The Labute approximate surface area is 124 Å². The first-order chi connectivity index (χ1) is 9.74. The normalized spacial score (nSPS) is 10.9. The summed E-state index contributed by atoms with van der Waals surface area (Å²) in [4.78, 5) is 0. The van der Waals surface area contributed by atoms with Crippen molar-refractivity contribution in [1.82, 2.24) is 4.57 Å². The van der Waals surface area contributed by atoms with E-state index in [1.807, 2.05) is 12.1 Å². The minimum Gasteiger partial charge on any atom is -0.383 e. The minimum absolute atomic E-state index is 0.808. The second-order valence-electron chi connectivity index (χ2n) is 4.98. The van der Waals surface area contributed by atoms with Crippen molar-refractivity contribution in [2.45, 2.75) is 13.5 Å². The molecule has 0 atom stereocenters. The number of rotatable bonds is 4. The molecule has 2 aromatic carbocycles. The number of hydrogen-bond donors (Lipinski definition) is 1. The zero-order chi connectivity index (χ0) is 13.9. The number of aromatic nitrogens is 1. The number of hydrogen-bond acceptors (Lipinski definition) is 1. The van der Waals surface area contributed by atoms with Crippen LogP contribution in [0.5, 0.6) is 0 Å². The summed E-state index contributed by atoms with van der Waals surface area (Å²) in [7, 11) is 0. The maximum Gasteiger partial charge on any atom is 0.0670 e. The second kappa shape index (κ2) is 5.59. The van der Waals surface area contributed by atoms with Crippen molar-refractivity contribution in [1.29, 1.82) is 0 Å². The van der Waals surface area contributed by atoms with Gasteiger partial charge in [0.1, 0.15) is 0 Å². The lowest BCUT2D eigenvalue weighted by atomic mass is 10.2. The van der Waals surface area contributed by atoms with Crippen LogP contribution in [0.3, 0.4) is 0 Å². The van der Waals surface area contributed by atoms with Crippen molar-refractivity contribution < 1.29 is 0 Å². The third-order valence-electron chi connectivity index (χ3n) is 3.44. The second-order valence-corrected chi connectivity index (χ2v) is 5.39. The molecule has 0 saturated carbocycles. The van der Waals surface area contributed by atoms with Gasteiger partial charge < -0.3 is 9.88 Å². The van der Waals surface area contributed by atoms with E-state index >= 15 is 0 Å². The van der Waals surface area contributed by atoms with Crippen LogP contribution in [0, 0.1) is 6.92 Å². The van der Waals surface area contributed by atoms with Crippen molar-refractivity contribution in [3.8, 4) is 0 Å². The topological polar surface area (TPSA) is 17.0 Å². The average molecular weight is 285 g/mol. The molecule has 0 fully saturated rings. The maximum absolute atomic E-state index is 6.28. The van der Waals surface area contributed by atoms with Crippen LogP contribution in [-0.4, -0.2) is 11.1 Å². The van der Waals surface area contributed by atoms with Crippen LogP contribution in [0.2, 0.25) is 5.02 Å². The van der Waals surface area contributed by atoms with Gasteiger partial charge in [-0.15, -0.1) is 0 Å². The number of nitrogens with one attached hydrogen (secondary N) is 1. The summed E-state index contributed by atoms with van der Waals surface area (Å²) in [6.45, 7) is 3.87. The number of aryl methyl sites for hydroxylation is 1. The molecule has 20 heavy (non-hydrogen) atoms. The lowest BCUT2D eigenvalue weighted by Gasteiger charge is -2.10. The monoisotopic (exact) mass is 284 g/mol. The van der Waals surface area contributed by atoms with E-state index in [1.165, 1.54) is 10.9 Å². The van der Waals surface area contributed by atoms with E-state index in [4.69, 9.17) is 11.6 Å². The van der Waals surface area contributed by atoms with E-state index in [9.17, 15) is 0 Å². The van der Waals surface area contributed by atoms with Gasteiger partial charge in [-0.1, -0.05) is 35.9 Å². The number of para-hydroxylation sites is 1. The van der Waals surface area contributed by atoms with E-state index in [0.29, 0.717) is 0 Å². The summed E-state index contributed by atoms with van der Waals surface area (Å²) in [5, 5.41) is 5.44. The van der Waals surface area contributed by atoms with E-state index in [1.54, 1.807) is 0 Å². The summed E-state index contributed by atoms with van der Waals surface area (Å²) in [6.07, 6.45) is 2.09. The first kappa shape index (κ1) is 13.1. The van der Waals surface area contributed by atoms with Gasteiger partial charge in [-0.2, -0.15) is 0 Å². The summed E-state index contributed by atoms with van der Waals surface area (Å²) >= 11 is 6.28. The fraction of sp³-hybridized carbons (Fsp3) is 0.176. The van der Waals surface area contributed by atoms with Gasteiger partial charge in [0, 0.05) is 30.4 Å². The molecule has 1 N–H and O–H groups in total. The van der Waals surface area contributed by atoms with E-state index in [0.717, 1.165) is 29.3 Å². The minimum atomic E-state index is 0.808. The summed E-state index contributed by atoms with van der Waals surface area (Å²) in [6, 6.07) is 16.5. The molecule has 102 valence electrons. The predicted octanol–water partition coefficient (Wildman–Crippen LogP) is 4.72. The zero-order valence-electron chi connectivity index (χ0n) is 11.4. The molecule has 0 aliphatic heterocycles. The van der Waals surface area contributed by atoms with Gasteiger partial charge in [0.2, 0.25) is 0 Å². The number of benzene rings is 2. The molecule has 0 amide bonds. The van der Waals surface area contributed by atoms with Crippen LogP contribution in [-0.2, 0) is 6.54 Å². The molecule has 3 rings (SSSR count). The number of anilines is 1. The molecule has 0 bridgehead atoms. The van der Waals surface area contributed by atoms with Crippen LogP contribution in [0.4, 0.5) is 5.69 Å². The number of nitrogens with zero attached hydrogens (tertiary/aromatic N) is 1. The summed E-state index contributed by atoms with van der Waals surface area (Å²) in [5.74, 6) is 0. The highest BCUT2D eigenvalue weighted by Crippen LogP contribution is 2.24. The fourth-order valence-electron chi connectivity index (χ4n) is 2.48. The van der Waals surface area contributed by atoms with Crippen molar-refractivity contribution in [2.24, 2.45) is 0 Å². The quantitative estimate of drug-likeness (QED) is 0.734. The van der Waals surface area contributed by atoms with Gasteiger partial charge in [0.25, 0.3) is 0 Å². The van der Waals surface area contributed by atoms with E-state index in [2.05, 4.69) is 59.4 Å². The van der Waals surface area contributed by atoms with Gasteiger partial charge in [-0.25, -0.2) is 0 Å². The first-order valence-corrected chi connectivity index (χ1v) is 7.16. The van der Waals surface area contributed by atoms with E-state index < -0.39 is 0 Å². The molecule has 3 aromatic rings. The van der Waals surface area contributed by atoms with Crippen LogP contribution < -0.4 is 5.32 Å². The average Bonchev–Trinajstić information content (AvgIpc) is 2.84. The fourth-order valence-corrected chi connectivity index (χ4v) is 2.77. The Bertz CT molecular complexity index is 731. The third-order valence-corrected chi connectivity index (χ3v) is 3.74. The molecule has 2 nitrogen and oxygen atoms in total. The Kier molecular flexibility index (Phi) is 3.66. The molecular weight excluding hydrogens is 268 g/mol. The first-order valence-electron chi connectivity index (χ1n) is 6.78. The largest absolute Gasteiger partial charge is 0.383 e. The van der Waals surface area contributed by atoms with E-state index in [-0.39, 0.29) is 0 Å². The van der Waals surface area contributed by atoms with Crippen molar-refractivity contribution in [3.63, 3.8) is 0 Å². The molecule has 0 radical (unpaired) electrons. The molecule has 0 spiro atoms. The Morgan fingerprint density at radius 2 is 1.95 bits per heavy atom. The highest BCUT2D eigenvalue weighted by atomic mass is 35.5. The molecule has 3 heteroatoms. The molecule has 0 aliphatic rings. The lowest BCUT2D eigenvalue weighted by molar-refractivity contribution is 0.757. The van der Waals surface area contributed by atoms with Crippen molar-refractivity contribution in [3.05, 3.63) is 65.3 Å². The Morgan fingerprint density at radius 3 is 2.80 bits per heavy atom. The van der Waals surface area contributed by atoms with Crippen molar-refractivity contribution >= 4 is 28.2 Å². The summed E-state index contributed by atoms with van der Waals surface area (Å²) in [5.41, 5.74) is 3.54. The van der Waals surface area contributed by atoms with Gasteiger partial charge in [-0.05, 0) is 36.8 Å². The van der Waals surface area contributed by atoms with Gasteiger partial charge >= 0.3 is 0 Å². The Balaban J connectivity index is 1.71. The van der Waals surface area contributed by atoms with Gasteiger partial charge in [0.05, 0.1) is 10.5 Å². The SMILES string of the molecule is Cc1cccc(NCCn2ccc3cccc(Cl)c32)c1. The Morgan fingerprint density at radius 1 is 1.10 bits per heavy atom. The molecule has 0 unspecified atom stereocenters. The maximum atomic E-state index is 6.28. The molecular formula is C17H17ClN2. The standard InChI is InChI=1S/C17H17ClN2/c1-13-4-2-6-15(12-13)19-9-11-20-10-8-14-5-3-7-16(18)17(14)20/h2-8,10,12,19H,9,11H2,1H3. The van der Waals surface area contributed by atoms with Crippen LogP contribution in [0.25, 0.3) is 10.9 Å². The van der Waals surface area contributed by atoms with Gasteiger partial charge in [0.15, 0.2) is 0 Å². The summed E-state index contributed by atoms with van der Waals surface area (Å²) < 4.78 is 2.19. The van der Waals surface area contributed by atoms with Crippen LogP contribution in [0.1, 0.15) is 5.56 Å². The van der Waals surface area contributed by atoms with Crippen LogP contribution >= 0.6 is 11.6 Å². The molecule has 0 saturated heterocycles. The highest BCUT2D eigenvalue weighted by molar-refractivity contribution is 6.35. The number of fused-ring (bicyclic) bond motifs is 1. The molecule has 0 aliphatic carbocycles. The predicted molar refractivity (Wildman–Crippen MR) is 86.6 cm³/mol. The lowest BCUT2D eigenvalue weighted by Crippen LogP contribution is -2.09. The zero-order valence-corrected chi connectivity index (χ0v) is 12.2. The molecule has 1 heterocycles. The smallest absolute Gasteiger partial charge is 0.0670 e. The van der Waals surface area contributed by atoms with Crippen LogP contribution in [0.15, 0.2) is 54.7 Å².